The van der Waals surface area contributed by atoms with Crippen molar-refractivity contribution >= 4 is 5.91 Å². The van der Waals surface area contributed by atoms with Crippen LogP contribution in [-0.4, -0.2) is 24.0 Å². The van der Waals surface area contributed by atoms with Gasteiger partial charge >= 0.3 is 0 Å². The summed E-state index contributed by atoms with van der Waals surface area (Å²) in [4.78, 5) is 11.9. The van der Waals surface area contributed by atoms with E-state index in [0.717, 1.165) is 25.8 Å². The molecule has 2 N–H and O–H groups in total. The summed E-state index contributed by atoms with van der Waals surface area (Å²) in [7, 11) is 0. The lowest BCUT2D eigenvalue weighted by molar-refractivity contribution is -0.123. The fourth-order valence-corrected chi connectivity index (χ4v) is 3.00. The maximum atomic E-state index is 11.9. The third-order valence-corrected chi connectivity index (χ3v) is 3.99. The van der Waals surface area contributed by atoms with Crippen molar-refractivity contribution < 1.29 is 4.79 Å². The number of amides is 1. The summed E-state index contributed by atoms with van der Waals surface area (Å²) in [5, 5.41) is 6.62. The van der Waals surface area contributed by atoms with Gasteiger partial charge in [0.2, 0.25) is 5.91 Å². The van der Waals surface area contributed by atoms with Crippen LogP contribution < -0.4 is 10.6 Å². The molecule has 3 nitrogen and oxygen atoms in total. The molecular formula is C13H24N2O. The van der Waals surface area contributed by atoms with Gasteiger partial charge in [0, 0.05) is 18.0 Å². The first-order chi connectivity index (χ1) is 7.68. The molecule has 2 aliphatic rings. The standard InChI is InChI=1S/C13H24N2O/c1-13(7-3-2-4-8-13)15-12(16)10-11-6-5-9-14-11/h11,14H,2-10H2,1H3,(H,15,16). The lowest BCUT2D eigenvalue weighted by Gasteiger charge is -2.34. The first-order valence-electron chi connectivity index (χ1n) is 6.72. The first kappa shape index (κ1) is 11.9. The summed E-state index contributed by atoms with van der Waals surface area (Å²) >= 11 is 0. The van der Waals surface area contributed by atoms with E-state index in [1.165, 1.54) is 25.7 Å². The second kappa shape index (κ2) is 5.17. The van der Waals surface area contributed by atoms with Gasteiger partial charge in [0.25, 0.3) is 0 Å². The van der Waals surface area contributed by atoms with E-state index in [4.69, 9.17) is 0 Å². The molecule has 0 radical (unpaired) electrons. The fourth-order valence-electron chi connectivity index (χ4n) is 3.00. The van der Waals surface area contributed by atoms with Gasteiger partial charge in [-0.15, -0.1) is 0 Å². The molecular weight excluding hydrogens is 200 g/mol. The zero-order chi connectivity index (χ0) is 11.4. The normalized spacial score (nSPS) is 28.9. The molecule has 0 bridgehead atoms. The zero-order valence-electron chi connectivity index (χ0n) is 10.3. The van der Waals surface area contributed by atoms with Gasteiger partial charge in [-0.25, -0.2) is 0 Å². The van der Waals surface area contributed by atoms with Crippen LogP contribution in [0.15, 0.2) is 0 Å². The van der Waals surface area contributed by atoms with E-state index >= 15 is 0 Å². The number of rotatable bonds is 3. The van der Waals surface area contributed by atoms with Gasteiger partial charge in [-0.1, -0.05) is 19.3 Å². The van der Waals surface area contributed by atoms with Crippen molar-refractivity contribution in [3.8, 4) is 0 Å². The largest absolute Gasteiger partial charge is 0.351 e. The minimum Gasteiger partial charge on any atom is -0.351 e. The molecule has 3 heteroatoms. The van der Waals surface area contributed by atoms with E-state index in [1.54, 1.807) is 0 Å². The maximum Gasteiger partial charge on any atom is 0.221 e. The molecule has 0 aromatic carbocycles. The molecule has 0 aromatic rings. The van der Waals surface area contributed by atoms with Gasteiger partial charge < -0.3 is 10.6 Å². The number of hydrogen-bond acceptors (Lipinski definition) is 2. The van der Waals surface area contributed by atoms with Crippen LogP contribution in [0.1, 0.15) is 58.3 Å². The van der Waals surface area contributed by atoms with Crippen molar-refractivity contribution in [3.05, 3.63) is 0 Å². The average molecular weight is 224 g/mol. The van der Waals surface area contributed by atoms with Gasteiger partial charge in [-0.3, -0.25) is 4.79 Å². The number of nitrogens with one attached hydrogen (secondary N) is 2. The summed E-state index contributed by atoms with van der Waals surface area (Å²) in [6.45, 7) is 3.28. The van der Waals surface area contributed by atoms with E-state index in [0.29, 0.717) is 12.5 Å². The molecule has 1 saturated heterocycles. The Morgan fingerprint density at radius 2 is 2.06 bits per heavy atom. The minimum atomic E-state index is 0.0773. The highest BCUT2D eigenvalue weighted by Crippen LogP contribution is 2.27. The van der Waals surface area contributed by atoms with Gasteiger partial charge in [-0.2, -0.15) is 0 Å². The summed E-state index contributed by atoms with van der Waals surface area (Å²) in [5.74, 6) is 0.240. The lowest BCUT2D eigenvalue weighted by Crippen LogP contribution is -2.48. The average Bonchev–Trinajstić information content (AvgIpc) is 2.70. The Morgan fingerprint density at radius 3 is 2.69 bits per heavy atom. The lowest BCUT2D eigenvalue weighted by atomic mass is 9.83. The van der Waals surface area contributed by atoms with Crippen molar-refractivity contribution in [1.82, 2.24) is 10.6 Å². The molecule has 1 aliphatic heterocycles. The predicted molar refractivity (Wildman–Crippen MR) is 65.3 cm³/mol. The Labute approximate surface area is 98.4 Å². The number of carbonyl (C=O) groups excluding carboxylic acids is 1. The predicted octanol–water partition coefficient (Wildman–Crippen LogP) is 1.97. The van der Waals surface area contributed by atoms with Gasteiger partial charge in [0.1, 0.15) is 0 Å². The van der Waals surface area contributed by atoms with Crippen LogP contribution in [0.2, 0.25) is 0 Å². The Hall–Kier alpha value is -0.570. The summed E-state index contributed by atoms with van der Waals surface area (Å²) < 4.78 is 0. The topological polar surface area (TPSA) is 41.1 Å². The fraction of sp³-hybridized carbons (Fsp3) is 0.923. The third kappa shape index (κ3) is 3.21. The van der Waals surface area contributed by atoms with E-state index in [2.05, 4.69) is 17.6 Å². The molecule has 1 atom stereocenters. The molecule has 1 saturated carbocycles. The van der Waals surface area contributed by atoms with Gasteiger partial charge in [-0.05, 0) is 39.2 Å². The second-order valence-electron chi connectivity index (χ2n) is 5.67. The third-order valence-electron chi connectivity index (χ3n) is 3.99. The number of carbonyl (C=O) groups is 1. The summed E-state index contributed by atoms with van der Waals surface area (Å²) in [5.41, 5.74) is 0.0773. The Morgan fingerprint density at radius 1 is 1.31 bits per heavy atom. The highest BCUT2D eigenvalue weighted by atomic mass is 16.1. The van der Waals surface area contributed by atoms with Crippen LogP contribution in [0.5, 0.6) is 0 Å². The second-order valence-corrected chi connectivity index (χ2v) is 5.67. The van der Waals surface area contributed by atoms with E-state index in [9.17, 15) is 4.79 Å². The molecule has 0 spiro atoms. The smallest absolute Gasteiger partial charge is 0.221 e. The van der Waals surface area contributed by atoms with Gasteiger partial charge in [0.15, 0.2) is 0 Å². The Balaban J connectivity index is 1.76. The van der Waals surface area contributed by atoms with Crippen molar-refractivity contribution in [2.24, 2.45) is 0 Å². The van der Waals surface area contributed by atoms with Crippen molar-refractivity contribution in [3.63, 3.8) is 0 Å². The molecule has 1 amide bonds. The van der Waals surface area contributed by atoms with Crippen molar-refractivity contribution in [2.45, 2.75) is 69.9 Å². The van der Waals surface area contributed by atoms with Crippen LogP contribution in [-0.2, 0) is 4.79 Å². The molecule has 1 heterocycles. The quantitative estimate of drug-likeness (QED) is 0.769. The van der Waals surface area contributed by atoms with Crippen LogP contribution >= 0.6 is 0 Å². The highest BCUT2D eigenvalue weighted by molar-refractivity contribution is 5.77. The first-order valence-corrected chi connectivity index (χ1v) is 6.72. The molecule has 2 fully saturated rings. The van der Waals surface area contributed by atoms with Crippen LogP contribution in [0.3, 0.4) is 0 Å². The van der Waals surface area contributed by atoms with Crippen LogP contribution in [0.4, 0.5) is 0 Å². The zero-order valence-corrected chi connectivity index (χ0v) is 10.3. The van der Waals surface area contributed by atoms with Crippen LogP contribution in [0.25, 0.3) is 0 Å². The molecule has 1 unspecified atom stereocenters. The Kier molecular flexibility index (Phi) is 3.85. The molecule has 0 aromatic heterocycles. The highest BCUT2D eigenvalue weighted by Gasteiger charge is 2.29. The summed E-state index contributed by atoms with van der Waals surface area (Å²) in [6.07, 6.45) is 9.19. The van der Waals surface area contributed by atoms with E-state index in [-0.39, 0.29) is 11.4 Å². The van der Waals surface area contributed by atoms with Crippen molar-refractivity contribution in [2.75, 3.05) is 6.54 Å². The van der Waals surface area contributed by atoms with Gasteiger partial charge in [0.05, 0.1) is 0 Å². The molecule has 92 valence electrons. The number of hydrogen-bond donors (Lipinski definition) is 2. The maximum absolute atomic E-state index is 11.9. The Bertz CT molecular complexity index is 240. The molecule has 2 rings (SSSR count). The monoisotopic (exact) mass is 224 g/mol. The van der Waals surface area contributed by atoms with E-state index < -0.39 is 0 Å². The van der Waals surface area contributed by atoms with Crippen molar-refractivity contribution in [1.29, 1.82) is 0 Å². The summed E-state index contributed by atoms with van der Waals surface area (Å²) in [6, 6.07) is 0.423. The SMILES string of the molecule is CC1(NC(=O)CC2CCCN2)CCCCC1. The molecule has 16 heavy (non-hydrogen) atoms. The van der Waals surface area contributed by atoms with Crippen LogP contribution in [0, 0.1) is 0 Å². The minimum absolute atomic E-state index is 0.0773. The molecule has 1 aliphatic carbocycles. The van der Waals surface area contributed by atoms with E-state index in [1.807, 2.05) is 0 Å².